The summed E-state index contributed by atoms with van der Waals surface area (Å²) < 4.78 is 3.14. The topological polar surface area (TPSA) is 97.9 Å². The molecule has 2 heterocycles. The van der Waals surface area contributed by atoms with Crippen LogP contribution in [-0.2, 0) is 12.6 Å². The summed E-state index contributed by atoms with van der Waals surface area (Å²) in [5, 5.41) is 25.1. The number of aliphatic hydroxyl groups is 1. The number of benzene rings is 1. The number of nitrogens with zero attached hydrogens (tertiary/aromatic N) is 5. The van der Waals surface area contributed by atoms with Crippen LogP contribution in [0.3, 0.4) is 0 Å². The fourth-order valence-corrected chi connectivity index (χ4v) is 2.41. The van der Waals surface area contributed by atoms with Crippen LogP contribution in [-0.4, -0.2) is 42.3 Å². The highest BCUT2D eigenvalue weighted by molar-refractivity contribution is 5.91. The highest BCUT2D eigenvalue weighted by Crippen LogP contribution is 2.18. The van der Waals surface area contributed by atoms with E-state index in [4.69, 9.17) is 0 Å². The highest BCUT2D eigenvalue weighted by atomic mass is 16.3. The predicted octanol–water partition coefficient (Wildman–Crippen LogP) is 0.947. The largest absolute Gasteiger partial charge is 0.383 e. The molecule has 8 heteroatoms. The summed E-state index contributed by atoms with van der Waals surface area (Å²) in [5.41, 5.74) is 1.50. The Balaban J connectivity index is 1.68. The molecule has 1 unspecified atom stereocenters. The van der Waals surface area contributed by atoms with Gasteiger partial charge in [0.2, 0.25) is 0 Å². The van der Waals surface area contributed by atoms with Crippen molar-refractivity contribution in [1.29, 1.82) is 0 Å². The van der Waals surface area contributed by atoms with E-state index in [0.29, 0.717) is 5.56 Å². The third-order valence-electron chi connectivity index (χ3n) is 3.91. The lowest BCUT2D eigenvalue weighted by Gasteiger charge is -2.21. The minimum atomic E-state index is -1.23. The van der Waals surface area contributed by atoms with Crippen LogP contribution < -0.4 is 5.32 Å². The number of aromatic nitrogens is 5. The minimum Gasteiger partial charge on any atom is -0.383 e. The van der Waals surface area contributed by atoms with Crippen molar-refractivity contribution >= 4 is 5.91 Å². The highest BCUT2D eigenvalue weighted by Gasteiger charge is 2.26. The average Bonchev–Trinajstić information content (AvgIpc) is 3.22. The van der Waals surface area contributed by atoms with E-state index in [-0.39, 0.29) is 12.2 Å². The Morgan fingerprint density at radius 1 is 1.36 bits per heavy atom. The third kappa shape index (κ3) is 3.74. The van der Waals surface area contributed by atoms with E-state index < -0.39 is 11.5 Å². The Morgan fingerprint density at radius 3 is 2.84 bits per heavy atom. The van der Waals surface area contributed by atoms with E-state index in [1.807, 2.05) is 31.2 Å². The Morgan fingerprint density at radius 2 is 2.16 bits per heavy atom. The van der Waals surface area contributed by atoms with E-state index in [1.165, 1.54) is 0 Å². The molecule has 130 valence electrons. The summed E-state index contributed by atoms with van der Waals surface area (Å²) in [6.45, 7) is 3.64. The molecule has 1 amide bonds. The SMILES string of the molecule is Cc1cccc(-n2cc(C(=O)NCC(C)(O)c3cnn(C)c3)nn2)c1. The van der Waals surface area contributed by atoms with E-state index in [1.54, 1.807) is 41.9 Å². The predicted molar refractivity (Wildman–Crippen MR) is 91.2 cm³/mol. The maximum Gasteiger partial charge on any atom is 0.273 e. The Bertz CT molecular complexity index is 896. The Hall–Kier alpha value is -3.00. The van der Waals surface area contributed by atoms with E-state index in [2.05, 4.69) is 20.7 Å². The first kappa shape index (κ1) is 16.8. The van der Waals surface area contributed by atoms with Crippen molar-refractivity contribution in [2.45, 2.75) is 19.4 Å². The molecule has 0 saturated carbocycles. The molecular formula is C17H20N6O2. The van der Waals surface area contributed by atoms with Crippen molar-refractivity contribution in [2.24, 2.45) is 7.05 Å². The molecule has 3 aromatic rings. The Labute approximate surface area is 145 Å². The fourth-order valence-electron chi connectivity index (χ4n) is 2.41. The second-order valence-electron chi connectivity index (χ2n) is 6.25. The van der Waals surface area contributed by atoms with Crippen LogP contribution in [0.2, 0.25) is 0 Å². The van der Waals surface area contributed by atoms with Gasteiger partial charge in [-0.25, -0.2) is 4.68 Å². The minimum absolute atomic E-state index is 0.0365. The molecule has 0 spiro atoms. The van der Waals surface area contributed by atoms with Crippen LogP contribution in [0.4, 0.5) is 0 Å². The zero-order valence-corrected chi connectivity index (χ0v) is 14.3. The van der Waals surface area contributed by atoms with Gasteiger partial charge in [-0.15, -0.1) is 5.10 Å². The van der Waals surface area contributed by atoms with Crippen molar-refractivity contribution in [2.75, 3.05) is 6.54 Å². The normalized spacial score (nSPS) is 13.4. The van der Waals surface area contributed by atoms with Crippen molar-refractivity contribution in [1.82, 2.24) is 30.1 Å². The van der Waals surface area contributed by atoms with Crippen LogP contribution in [0.15, 0.2) is 42.9 Å². The van der Waals surface area contributed by atoms with E-state index in [0.717, 1.165) is 11.3 Å². The summed E-state index contributed by atoms with van der Waals surface area (Å²) in [6, 6.07) is 7.73. The fraction of sp³-hybridized carbons (Fsp3) is 0.294. The number of nitrogens with one attached hydrogen (secondary N) is 1. The van der Waals surface area contributed by atoms with E-state index >= 15 is 0 Å². The second-order valence-corrected chi connectivity index (χ2v) is 6.25. The summed E-state index contributed by atoms with van der Waals surface area (Å²) in [6.07, 6.45) is 4.84. The van der Waals surface area contributed by atoms with Crippen LogP contribution in [0, 0.1) is 6.92 Å². The zero-order valence-electron chi connectivity index (χ0n) is 14.3. The molecule has 25 heavy (non-hydrogen) atoms. The number of hydrogen-bond donors (Lipinski definition) is 2. The maximum absolute atomic E-state index is 12.3. The lowest BCUT2D eigenvalue weighted by Crippen LogP contribution is -2.38. The van der Waals surface area contributed by atoms with Crippen molar-refractivity contribution in [3.63, 3.8) is 0 Å². The van der Waals surface area contributed by atoms with Crippen LogP contribution in [0.25, 0.3) is 5.69 Å². The number of hydrogen-bond acceptors (Lipinski definition) is 5. The number of aryl methyl sites for hydroxylation is 2. The van der Waals surface area contributed by atoms with Crippen molar-refractivity contribution < 1.29 is 9.90 Å². The van der Waals surface area contributed by atoms with Gasteiger partial charge in [-0.2, -0.15) is 5.10 Å². The molecule has 0 aliphatic carbocycles. The van der Waals surface area contributed by atoms with Crippen molar-refractivity contribution in [3.05, 3.63) is 59.7 Å². The summed E-state index contributed by atoms with van der Waals surface area (Å²) in [4.78, 5) is 12.3. The standard InChI is InChI=1S/C17H20N6O2/c1-12-5-4-6-14(7-12)23-10-15(20-21-23)16(24)18-11-17(2,25)13-8-19-22(3)9-13/h4-10,25H,11H2,1-3H3,(H,18,24). The average molecular weight is 340 g/mol. The molecule has 8 nitrogen and oxygen atoms in total. The first-order valence-corrected chi connectivity index (χ1v) is 7.84. The second kappa shape index (κ2) is 6.48. The van der Waals surface area contributed by atoms with Gasteiger partial charge in [0.15, 0.2) is 5.69 Å². The summed E-state index contributed by atoms with van der Waals surface area (Å²) >= 11 is 0. The van der Waals surface area contributed by atoms with E-state index in [9.17, 15) is 9.90 Å². The molecule has 0 radical (unpaired) electrons. The summed E-state index contributed by atoms with van der Waals surface area (Å²) in [7, 11) is 1.77. The van der Waals surface area contributed by atoms with Gasteiger partial charge in [-0.3, -0.25) is 9.48 Å². The number of carbonyl (C=O) groups excluding carboxylic acids is 1. The molecule has 0 saturated heterocycles. The molecule has 3 rings (SSSR count). The Kier molecular flexibility index (Phi) is 4.37. The van der Waals surface area contributed by atoms with Gasteiger partial charge in [-0.1, -0.05) is 17.3 Å². The smallest absolute Gasteiger partial charge is 0.273 e. The molecule has 0 aliphatic heterocycles. The molecule has 1 aromatic carbocycles. The first-order chi connectivity index (χ1) is 11.8. The molecule has 0 fully saturated rings. The molecule has 0 aliphatic rings. The van der Waals surface area contributed by atoms with Gasteiger partial charge in [-0.05, 0) is 31.5 Å². The van der Waals surface area contributed by atoms with Gasteiger partial charge < -0.3 is 10.4 Å². The van der Waals surface area contributed by atoms with Gasteiger partial charge in [0, 0.05) is 18.8 Å². The maximum atomic E-state index is 12.3. The lowest BCUT2D eigenvalue weighted by atomic mass is 10.00. The molecule has 2 N–H and O–H groups in total. The van der Waals surface area contributed by atoms with Crippen LogP contribution in [0.5, 0.6) is 0 Å². The van der Waals surface area contributed by atoms with Gasteiger partial charge >= 0.3 is 0 Å². The van der Waals surface area contributed by atoms with Crippen LogP contribution in [0.1, 0.15) is 28.5 Å². The molecule has 0 bridgehead atoms. The number of amides is 1. The summed E-state index contributed by atoms with van der Waals surface area (Å²) in [5.74, 6) is -0.400. The number of carbonyl (C=O) groups is 1. The van der Waals surface area contributed by atoms with Crippen LogP contribution >= 0.6 is 0 Å². The first-order valence-electron chi connectivity index (χ1n) is 7.84. The zero-order chi connectivity index (χ0) is 18.0. The number of rotatable bonds is 5. The van der Waals surface area contributed by atoms with Gasteiger partial charge in [0.05, 0.1) is 24.6 Å². The molecular weight excluding hydrogens is 320 g/mol. The quantitative estimate of drug-likeness (QED) is 0.720. The molecule has 1 atom stereocenters. The third-order valence-corrected chi connectivity index (χ3v) is 3.91. The monoisotopic (exact) mass is 340 g/mol. The van der Waals surface area contributed by atoms with Gasteiger partial charge in [0.1, 0.15) is 5.60 Å². The lowest BCUT2D eigenvalue weighted by molar-refractivity contribution is 0.0524. The van der Waals surface area contributed by atoms with Gasteiger partial charge in [0.25, 0.3) is 5.91 Å². The molecule has 2 aromatic heterocycles. The van der Waals surface area contributed by atoms with Crippen molar-refractivity contribution in [3.8, 4) is 5.69 Å².